The van der Waals surface area contributed by atoms with Gasteiger partial charge in [-0.2, -0.15) is 13.2 Å². The number of fused-ring (bicyclic) bond motifs is 1. The Kier molecular flexibility index (Phi) is 4.28. The molecule has 8 heteroatoms. The van der Waals surface area contributed by atoms with Crippen LogP contribution in [0.15, 0.2) is 36.4 Å². The first-order valence-corrected chi connectivity index (χ1v) is 7.30. The first kappa shape index (κ1) is 16.4. The van der Waals surface area contributed by atoms with E-state index in [9.17, 15) is 18.0 Å². The number of halogens is 4. The van der Waals surface area contributed by atoms with E-state index < -0.39 is 17.6 Å². The van der Waals surface area contributed by atoms with E-state index in [2.05, 4.69) is 5.32 Å². The van der Waals surface area contributed by atoms with Gasteiger partial charge in [0.15, 0.2) is 11.5 Å². The number of alkyl halides is 3. The van der Waals surface area contributed by atoms with Crippen LogP contribution in [0.2, 0.25) is 5.02 Å². The van der Waals surface area contributed by atoms with E-state index in [4.69, 9.17) is 21.1 Å². The highest BCUT2D eigenvalue weighted by atomic mass is 35.5. The molecular formula is C16H11ClF3NO3. The van der Waals surface area contributed by atoms with Crippen LogP contribution >= 0.6 is 11.6 Å². The zero-order valence-corrected chi connectivity index (χ0v) is 12.9. The summed E-state index contributed by atoms with van der Waals surface area (Å²) in [4.78, 5) is 12.3. The van der Waals surface area contributed by atoms with Gasteiger partial charge in [-0.25, -0.2) is 0 Å². The second kappa shape index (κ2) is 6.24. The minimum atomic E-state index is -4.64. The molecule has 0 bridgehead atoms. The first-order chi connectivity index (χ1) is 11.3. The lowest BCUT2D eigenvalue weighted by atomic mass is 10.1. The maximum Gasteiger partial charge on any atom is 0.418 e. The van der Waals surface area contributed by atoms with Crippen LogP contribution in [0.25, 0.3) is 0 Å². The van der Waals surface area contributed by atoms with Crippen LogP contribution in [0.4, 0.5) is 18.9 Å². The number of carbonyl (C=O) groups is 1. The molecule has 1 heterocycles. The Morgan fingerprint density at radius 2 is 1.75 bits per heavy atom. The minimum absolute atomic E-state index is 0.0698. The van der Waals surface area contributed by atoms with Gasteiger partial charge in [0.1, 0.15) is 13.2 Å². The van der Waals surface area contributed by atoms with Gasteiger partial charge in [-0.15, -0.1) is 0 Å². The average Bonchev–Trinajstić information content (AvgIpc) is 2.55. The third-order valence-corrected chi connectivity index (χ3v) is 3.57. The monoisotopic (exact) mass is 357 g/mol. The lowest BCUT2D eigenvalue weighted by molar-refractivity contribution is -0.136. The molecular weight excluding hydrogens is 347 g/mol. The number of benzene rings is 2. The van der Waals surface area contributed by atoms with E-state index in [1.54, 1.807) is 0 Å². The largest absolute Gasteiger partial charge is 0.486 e. The summed E-state index contributed by atoms with van der Waals surface area (Å²) in [5, 5.41) is 2.18. The zero-order valence-electron chi connectivity index (χ0n) is 12.1. The van der Waals surface area contributed by atoms with Crippen LogP contribution in [0, 0.1) is 0 Å². The van der Waals surface area contributed by atoms with Gasteiger partial charge in [0.2, 0.25) is 0 Å². The van der Waals surface area contributed by atoms with Crippen LogP contribution in [-0.4, -0.2) is 19.1 Å². The molecule has 0 atom stereocenters. The molecule has 1 aliphatic heterocycles. The Morgan fingerprint density at radius 1 is 1.04 bits per heavy atom. The Bertz CT molecular complexity index is 793. The van der Waals surface area contributed by atoms with Crippen molar-refractivity contribution >= 4 is 23.2 Å². The Balaban J connectivity index is 1.88. The maximum atomic E-state index is 13.1. The van der Waals surface area contributed by atoms with Crippen molar-refractivity contribution in [2.45, 2.75) is 6.18 Å². The third kappa shape index (κ3) is 3.41. The Hall–Kier alpha value is -2.41. The fraction of sp³-hybridized carbons (Fsp3) is 0.188. The molecule has 3 rings (SSSR count). The highest BCUT2D eigenvalue weighted by Gasteiger charge is 2.34. The summed E-state index contributed by atoms with van der Waals surface area (Å²) < 4.78 is 49.9. The van der Waals surface area contributed by atoms with Crippen molar-refractivity contribution in [3.8, 4) is 11.5 Å². The van der Waals surface area contributed by atoms with Crippen molar-refractivity contribution < 1.29 is 27.4 Å². The van der Waals surface area contributed by atoms with Gasteiger partial charge in [-0.1, -0.05) is 11.6 Å². The molecule has 0 aliphatic carbocycles. The SMILES string of the molecule is O=C(Nc1ccc(Cl)cc1C(F)(F)F)c1ccc2c(c1)OCCO2. The molecule has 1 aliphatic rings. The van der Waals surface area contributed by atoms with E-state index in [0.717, 1.165) is 12.1 Å². The first-order valence-electron chi connectivity index (χ1n) is 6.92. The molecule has 126 valence electrons. The zero-order chi connectivity index (χ0) is 17.3. The fourth-order valence-corrected chi connectivity index (χ4v) is 2.41. The predicted octanol–water partition coefficient (Wildman–Crippen LogP) is 4.38. The van der Waals surface area contributed by atoms with Gasteiger partial charge in [0.25, 0.3) is 5.91 Å². The van der Waals surface area contributed by atoms with E-state index in [1.165, 1.54) is 24.3 Å². The average molecular weight is 358 g/mol. The number of carbonyl (C=O) groups excluding carboxylic acids is 1. The van der Waals surface area contributed by atoms with E-state index in [1.807, 2.05) is 0 Å². The summed E-state index contributed by atoms with van der Waals surface area (Å²) in [6.07, 6.45) is -4.64. The molecule has 0 fully saturated rings. The Labute approximate surface area is 140 Å². The quantitative estimate of drug-likeness (QED) is 0.867. The minimum Gasteiger partial charge on any atom is -0.486 e. The van der Waals surface area contributed by atoms with Gasteiger partial charge in [-0.05, 0) is 36.4 Å². The molecule has 1 N–H and O–H groups in total. The standard InChI is InChI=1S/C16H11ClF3NO3/c17-10-2-3-12(11(8-10)16(18,19)20)21-15(22)9-1-4-13-14(7-9)24-6-5-23-13/h1-4,7-8H,5-6H2,(H,21,22). The van der Waals surface area contributed by atoms with E-state index in [0.29, 0.717) is 24.7 Å². The van der Waals surface area contributed by atoms with Gasteiger partial charge in [0.05, 0.1) is 11.3 Å². The third-order valence-electron chi connectivity index (χ3n) is 3.34. The second-order valence-corrected chi connectivity index (χ2v) is 5.44. The van der Waals surface area contributed by atoms with E-state index in [-0.39, 0.29) is 16.3 Å². The highest BCUT2D eigenvalue weighted by molar-refractivity contribution is 6.30. The summed E-state index contributed by atoms with van der Waals surface area (Å²) in [6.45, 7) is 0.742. The molecule has 0 spiro atoms. The van der Waals surface area contributed by atoms with Crippen LogP contribution in [0.5, 0.6) is 11.5 Å². The number of rotatable bonds is 2. The molecule has 24 heavy (non-hydrogen) atoms. The normalized spacial score (nSPS) is 13.5. The van der Waals surface area contributed by atoms with Crippen molar-refractivity contribution in [1.29, 1.82) is 0 Å². The number of amides is 1. The maximum absolute atomic E-state index is 13.1. The Morgan fingerprint density at radius 3 is 2.46 bits per heavy atom. The van der Waals surface area contributed by atoms with Gasteiger partial charge >= 0.3 is 6.18 Å². The topological polar surface area (TPSA) is 47.6 Å². The summed E-state index contributed by atoms with van der Waals surface area (Å²) in [6, 6.07) is 7.56. The summed E-state index contributed by atoms with van der Waals surface area (Å²) in [5.74, 6) is 0.168. The second-order valence-electron chi connectivity index (χ2n) is 5.00. The number of hydrogen-bond donors (Lipinski definition) is 1. The molecule has 0 saturated heterocycles. The number of anilines is 1. The molecule has 1 amide bonds. The van der Waals surface area contributed by atoms with Crippen molar-refractivity contribution in [1.82, 2.24) is 0 Å². The molecule has 0 saturated carbocycles. The molecule has 2 aromatic rings. The lowest BCUT2D eigenvalue weighted by Gasteiger charge is -2.19. The van der Waals surface area contributed by atoms with Crippen LogP contribution < -0.4 is 14.8 Å². The molecule has 4 nitrogen and oxygen atoms in total. The molecule has 0 unspecified atom stereocenters. The van der Waals surface area contributed by atoms with E-state index >= 15 is 0 Å². The molecule has 0 aromatic heterocycles. The van der Waals surface area contributed by atoms with Crippen molar-refractivity contribution in [3.63, 3.8) is 0 Å². The van der Waals surface area contributed by atoms with Gasteiger partial charge in [-0.3, -0.25) is 4.79 Å². The molecule has 2 aromatic carbocycles. The summed E-state index contributed by atoms with van der Waals surface area (Å²) in [7, 11) is 0. The summed E-state index contributed by atoms with van der Waals surface area (Å²) in [5.41, 5.74) is -1.23. The smallest absolute Gasteiger partial charge is 0.418 e. The van der Waals surface area contributed by atoms with Crippen LogP contribution in [-0.2, 0) is 6.18 Å². The summed E-state index contributed by atoms with van der Waals surface area (Å²) >= 11 is 5.61. The van der Waals surface area contributed by atoms with Crippen LogP contribution in [0.1, 0.15) is 15.9 Å². The van der Waals surface area contributed by atoms with Crippen molar-refractivity contribution in [2.24, 2.45) is 0 Å². The van der Waals surface area contributed by atoms with Gasteiger partial charge < -0.3 is 14.8 Å². The predicted molar refractivity (Wildman–Crippen MR) is 81.8 cm³/mol. The lowest BCUT2D eigenvalue weighted by Crippen LogP contribution is -2.18. The fourth-order valence-electron chi connectivity index (χ4n) is 2.24. The highest BCUT2D eigenvalue weighted by Crippen LogP contribution is 2.37. The molecule has 0 radical (unpaired) electrons. The van der Waals surface area contributed by atoms with Crippen molar-refractivity contribution in [2.75, 3.05) is 18.5 Å². The number of ether oxygens (including phenoxy) is 2. The van der Waals surface area contributed by atoms with Crippen LogP contribution in [0.3, 0.4) is 0 Å². The van der Waals surface area contributed by atoms with Crippen molar-refractivity contribution in [3.05, 3.63) is 52.5 Å². The van der Waals surface area contributed by atoms with Gasteiger partial charge in [0, 0.05) is 10.6 Å². The number of nitrogens with one attached hydrogen (secondary N) is 1. The number of hydrogen-bond acceptors (Lipinski definition) is 3.